The molecule has 0 unspecified atom stereocenters. The fourth-order valence-electron chi connectivity index (χ4n) is 3.42. The van der Waals surface area contributed by atoms with E-state index in [1.54, 1.807) is 17.4 Å². The van der Waals surface area contributed by atoms with Gasteiger partial charge < -0.3 is 19.2 Å². The summed E-state index contributed by atoms with van der Waals surface area (Å²) in [6.45, 7) is 2.53. The normalized spacial score (nSPS) is 12.7. The molecule has 1 aliphatic carbocycles. The Morgan fingerprint density at radius 3 is 2.79 bits per heavy atom. The average Bonchev–Trinajstić information content (AvgIpc) is 3.29. The summed E-state index contributed by atoms with van der Waals surface area (Å²) in [4.78, 5) is 33.6. The number of aryl methyl sites for hydroxylation is 2. The van der Waals surface area contributed by atoms with Crippen LogP contribution in [0.25, 0.3) is 10.2 Å². The number of esters is 1. The third-order valence-electron chi connectivity index (χ3n) is 4.71. The van der Waals surface area contributed by atoms with Crippen molar-refractivity contribution in [2.45, 2.75) is 39.2 Å². The maximum absolute atomic E-state index is 12.4. The Labute approximate surface area is 171 Å². The molecule has 1 aliphatic rings. The first-order valence-corrected chi connectivity index (χ1v) is 10.5. The van der Waals surface area contributed by atoms with Crippen molar-refractivity contribution in [3.63, 3.8) is 0 Å². The molecule has 152 valence electrons. The van der Waals surface area contributed by atoms with E-state index >= 15 is 0 Å². The van der Waals surface area contributed by atoms with Crippen LogP contribution in [0.5, 0.6) is 11.5 Å². The van der Waals surface area contributed by atoms with Crippen molar-refractivity contribution >= 4 is 27.5 Å². The molecule has 7 nitrogen and oxygen atoms in total. The standard InChI is InChI=1S/C21H22N2O5S/c1-2-26-14-7-3-4-8-15(14)27-11-10-18(24)28-12-17-22-20(25)19-13-6-5-9-16(13)29-21(19)23-17/h3-4,7-8H,2,5-6,9-12H2,1H3,(H,22,23,25). The Bertz CT molecular complexity index is 1090. The van der Waals surface area contributed by atoms with Gasteiger partial charge in [0, 0.05) is 4.88 Å². The molecule has 4 rings (SSSR count). The van der Waals surface area contributed by atoms with Gasteiger partial charge in [0.1, 0.15) is 17.3 Å². The molecule has 1 N–H and O–H groups in total. The molecule has 0 saturated heterocycles. The average molecular weight is 414 g/mol. The van der Waals surface area contributed by atoms with Gasteiger partial charge in [-0.25, -0.2) is 4.98 Å². The van der Waals surface area contributed by atoms with Crippen LogP contribution in [-0.4, -0.2) is 29.2 Å². The van der Waals surface area contributed by atoms with Gasteiger partial charge in [0.15, 0.2) is 11.5 Å². The molecule has 0 radical (unpaired) electrons. The third kappa shape index (κ3) is 4.27. The number of rotatable bonds is 8. The van der Waals surface area contributed by atoms with Crippen molar-refractivity contribution in [3.05, 3.63) is 50.9 Å². The van der Waals surface area contributed by atoms with E-state index in [4.69, 9.17) is 14.2 Å². The largest absolute Gasteiger partial charge is 0.490 e. The first kappa shape index (κ1) is 19.4. The number of benzene rings is 1. The van der Waals surface area contributed by atoms with Crippen LogP contribution < -0.4 is 15.0 Å². The number of carbonyl (C=O) groups is 1. The molecule has 0 saturated carbocycles. The Kier molecular flexibility index (Phi) is 5.80. The molecule has 0 atom stereocenters. The van der Waals surface area contributed by atoms with E-state index in [2.05, 4.69) is 9.97 Å². The molecule has 2 heterocycles. The fraction of sp³-hybridized carbons (Fsp3) is 0.381. The van der Waals surface area contributed by atoms with Gasteiger partial charge in [0.05, 0.1) is 25.0 Å². The van der Waals surface area contributed by atoms with Gasteiger partial charge in [-0.1, -0.05) is 12.1 Å². The third-order valence-corrected chi connectivity index (χ3v) is 5.89. The zero-order valence-electron chi connectivity index (χ0n) is 16.2. The molecule has 2 aromatic heterocycles. The van der Waals surface area contributed by atoms with Crippen molar-refractivity contribution < 1.29 is 19.0 Å². The Morgan fingerprint density at radius 2 is 2.00 bits per heavy atom. The van der Waals surface area contributed by atoms with E-state index in [-0.39, 0.29) is 25.2 Å². The number of nitrogens with zero attached hydrogens (tertiary/aromatic N) is 1. The van der Waals surface area contributed by atoms with Crippen molar-refractivity contribution in [2.24, 2.45) is 0 Å². The highest BCUT2D eigenvalue weighted by molar-refractivity contribution is 7.18. The molecule has 0 fully saturated rings. The van der Waals surface area contributed by atoms with E-state index in [1.807, 2.05) is 25.1 Å². The highest BCUT2D eigenvalue weighted by atomic mass is 32.1. The van der Waals surface area contributed by atoms with Crippen LogP contribution in [0.1, 0.15) is 36.0 Å². The van der Waals surface area contributed by atoms with E-state index in [0.717, 1.165) is 29.7 Å². The van der Waals surface area contributed by atoms with Crippen LogP contribution in [0.3, 0.4) is 0 Å². The van der Waals surface area contributed by atoms with Crippen LogP contribution in [0.2, 0.25) is 0 Å². The summed E-state index contributed by atoms with van der Waals surface area (Å²) in [5, 5.41) is 0.693. The summed E-state index contributed by atoms with van der Waals surface area (Å²) >= 11 is 1.56. The van der Waals surface area contributed by atoms with Gasteiger partial charge in [-0.2, -0.15) is 0 Å². The number of hydrogen-bond acceptors (Lipinski definition) is 7. The van der Waals surface area contributed by atoms with E-state index in [0.29, 0.717) is 29.3 Å². The number of hydrogen-bond donors (Lipinski definition) is 1. The predicted molar refractivity (Wildman–Crippen MR) is 110 cm³/mol. The number of fused-ring (bicyclic) bond motifs is 3. The lowest BCUT2D eigenvalue weighted by molar-refractivity contribution is -0.145. The minimum atomic E-state index is -0.421. The summed E-state index contributed by atoms with van der Waals surface area (Å²) < 4.78 is 16.4. The summed E-state index contributed by atoms with van der Waals surface area (Å²) in [5.41, 5.74) is 0.975. The van der Waals surface area contributed by atoms with Crippen molar-refractivity contribution in [2.75, 3.05) is 13.2 Å². The van der Waals surface area contributed by atoms with Crippen LogP contribution in [0.4, 0.5) is 0 Å². The van der Waals surface area contributed by atoms with Gasteiger partial charge in [-0.3, -0.25) is 9.59 Å². The minimum absolute atomic E-state index is 0.0673. The highest BCUT2D eigenvalue weighted by Gasteiger charge is 2.21. The van der Waals surface area contributed by atoms with Crippen molar-refractivity contribution in [3.8, 4) is 11.5 Å². The number of carbonyl (C=O) groups excluding carboxylic acids is 1. The van der Waals surface area contributed by atoms with Gasteiger partial charge in [0.25, 0.3) is 5.56 Å². The first-order chi connectivity index (χ1) is 14.2. The van der Waals surface area contributed by atoms with Crippen LogP contribution in [0, 0.1) is 0 Å². The molecular formula is C21H22N2O5S. The highest BCUT2D eigenvalue weighted by Crippen LogP contribution is 2.34. The van der Waals surface area contributed by atoms with E-state index in [1.165, 1.54) is 4.88 Å². The summed E-state index contributed by atoms with van der Waals surface area (Å²) in [6, 6.07) is 7.31. The second-order valence-electron chi connectivity index (χ2n) is 6.69. The van der Waals surface area contributed by atoms with Crippen LogP contribution in [-0.2, 0) is 29.0 Å². The summed E-state index contributed by atoms with van der Waals surface area (Å²) in [7, 11) is 0. The SMILES string of the molecule is CCOc1ccccc1OCCC(=O)OCc1nc2sc3c(c2c(=O)[nH]1)CCC3. The van der Waals surface area contributed by atoms with Crippen molar-refractivity contribution in [1.29, 1.82) is 0 Å². The van der Waals surface area contributed by atoms with Crippen molar-refractivity contribution in [1.82, 2.24) is 9.97 Å². The first-order valence-electron chi connectivity index (χ1n) is 9.69. The second-order valence-corrected chi connectivity index (χ2v) is 7.77. The van der Waals surface area contributed by atoms with Gasteiger partial charge in [0.2, 0.25) is 0 Å². The van der Waals surface area contributed by atoms with Crippen LogP contribution in [0.15, 0.2) is 29.1 Å². The maximum atomic E-state index is 12.4. The molecule has 0 amide bonds. The topological polar surface area (TPSA) is 90.5 Å². The molecule has 1 aromatic carbocycles. The molecule has 0 aliphatic heterocycles. The second kappa shape index (κ2) is 8.65. The zero-order valence-corrected chi connectivity index (χ0v) is 17.0. The molecule has 0 spiro atoms. The number of thiophene rings is 1. The molecule has 3 aromatic rings. The van der Waals surface area contributed by atoms with Gasteiger partial charge in [-0.05, 0) is 43.9 Å². The number of H-pyrrole nitrogens is 1. The quantitative estimate of drug-likeness (QED) is 0.568. The Morgan fingerprint density at radius 1 is 1.21 bits per heavy atom. The molecule has 0 bridgehead atoms. The van der Waals surface area contributed by atoms with E-state index < -0.39 is 5.97 Å². The van der Waals surface area contributed by atoms with E-state index in [9.17, 15) is 9.59 Å². The fourth-order valence-corrected chi connectivity index (χ4v) is 4.71. The number of aromatic nitrogens is 2. The Hall–Kier alpha value is -2.87. The lowest BCUT2D eigenvalue weighted by Crippen LogP contribution is -2.15. The maximum Gasteiger partial charge on any atom is 0.309 e. The summed E-state index contributed by atoms with van der Waals surface area (Å²) in [6.07, 6.45) is 3.11. The molecule has 8 heteroatoms. The number of para-hydroxylation sites is 2. The molecular weight excluding hydrogens is 392 g/mol. The smallest absolute Gasteiger partial charge is 0.309 e. The lowest BCUT2D eigenvalue weighted by atomic mass is 10.2. The van der Waals surface area contributed by atoms with Gasteiger partial charge in [-0.15, -0.1) is 11.3 Å². The lowest BCUT2D eigenvalue weighted by Gasteiger charge is -2.11. The van der Waals surface area contributed by atoms with Gasteiger partial charge >= 0.3 is 5.97 Å². The summed E-state index contributed by atoms with van der Waals surface area (Å²) in [5.74, 6) is 1.17. The zero-order chi connectivity index (χ0) is 20.2. The number of nitrogens with one attached hydrogen (secondary N) is 1. The van der Waals surface area contributed by atoms with Crippen LogP contribution >= 0.6 is 11.3 Å². The Balaban J connectivity index is 1.32. The minimum Gasteiger partial charge on any atom is -0.490 e. The molecule has 29 heavy (non-hydrogen) atoms. The number of aromatic amines is 1. The predicted octanol–water partition coefficient (Wildman–Crippen LogP) is 3.38. The number of ether oxygens (including phenoxy) is 3. The monoisotopic (exact) mass is 414 g/mol.